The Kier molecular flexibility index (Phi) is 3.84. The van der Waals surface area contributed by atoms with Gasteiger partial charge >= 0.3 is 0 Å². The van der Waals surface area contributed by atoms with Gasteiger partial charge in [-0.15, -0.1) is 0 Å². The average molecular weight is 267 g/mol. The summed E-state index contributed by atoms with van der Waals surface area (Å²) < 4.78 is 6.47. The molecule has 1 saturated heterocycles. The second kappa shape index (κ2) is 5.40. The maximum Gasteiger partial charge on any atom is 0.265 e. The highest BCUT2D eigenvalue weighted by molar-refractivity contribution is 5.76. The molecule has 0 radical (unpaired) electrons. The lowest BCUT2D eigenvalue weighted by Crippen LogP contribution is -2.52. The molecule has 1 amide bonds. The number of ether oxygens (including phenoxy) is 1. The van der Waals surface area contributed by atoms with Crippen LogP contribution in [0.15, 0.2) is 21.7 Å². The molecule has 7 heteroatoms. The number of nitrogens with one attached hydrogen (secondary N) is 1. The monoisotopic (exact) mass is 267 g/mol. The Balaban J connectivity index is 2.14. The van der Waals surface area contributed by atoms with Gasteiger partial charge in [0.15, 0.2) is 0 Å². The quantitative estimate of drug-likeness (QED) is 0.758. The van der Waals surface area contributed by atoms with Crippen LogP contribution in [0.3, 0.4) is 0 Å². The molecule has 1 aromatic rings. The average Bonchev–Trinajstić information content (AvgIpc) is 2.36. The molecule has 7 nitrogen and oxygen atoms in total. The van der Waals surface area contributed by atoms with Gasteiger partial charge < -0.3 is 9.64 Å². The van der Waals surface area contributed by atoms with Gasteiger partial charge in [0, 0.05) is 18.7 Å². The number of nitrogens with zero attached hydrogens (tertiary/aromatic N) is 2. The number of aromatic nitrogens is 2. The summed E-state index contributed by atoms with van der Waals surface area (Å²) >= 11 is 0. The Labute approximate surface area is 109 Å². The van der Waals surface area contributed by atoms with Crippen LogP contribution in [0.25, 0.3) is 0 Å². The fraction of sp³-hybridized carbons (Fsp3) is 0.583. The van der Waals surface area contributed by atoms with Gasteiger partial charge in [-0.25, -0.2) is 4.68 Å². The van der Waals surface area contributed by atoms with Crippen LogP contribution in [-0.4, -0.2) is 45.9 Å². The van der Waals surface area contributed by atoms with Crippen LogP contribution in [-0.2, 0) is 16.1 Å². The first-order valence-corrected chi connectivity index (χ1v) is 6.18. The number of hydrogen-bond acceptors (Lipinski definition) is 4. The smallest absolute Gasteiger partial charge is 0.265 e. The second-order valence-corrected chi connectivity index (χ2v) is 4.77. The topological polar surface area (TPSA) is 84.4 Å². The molecule has 0 saturated carbocycles. The van der Waals surface area contributed by atoms with Gasteiger partial charge in [-0.3, -0.25) is 19.5 Å². The normalized spacial score (nSPS) is 23.4. The van der Waals surface area contributed by atoms with E-state index in [1.54, 1.807) is 4.90 Å². The van der Waals surface area contributed by atoms with Gasteiger partial charge in [0.1, 0.15) is 6.54 Å². The van der Waals surface area contributed by atoms with E-state index in [4.69, 9.17) is 4.74 Å². The number of aromatic amines is 1. The highest BCUT2D eigenvalue weighted by Crippen LogP contribution is 2.11. The zero-order chi connectivity index (χ0) is 14.0. The molecule has 2 rings (SSSR count). The fourth-order valence-electron chi connectivity index (χ4n) is 2.06. The van der Waals surface area contributed by atoms with Crippen molar-refractivity contribution in [3.63, 3.8) is 0 Å². The lowest BCUT2D eigenvalue weighted by Gasteiger charge is -2.36. The van der Waals surface area contributed by atoms with Crippen molar-refractivity contribution >= 4 is 5.91 Å². The number of carbonyl (C=O) groups excluding carboxylic acids is 1. The molecule has 2 atom stereocenters. The van der Waals surface area contributed by atoms with Gasteiger partial charge in [-0.2, -0.15) is 0 Å². The number of hydrogen-bond donors (Lipinski definition) is 1. The second-order valence-electron chi connectivity index (χ2n) is 4.77. The first kappa shape index (κ1) is 13.5. The lowest BCUT2D eigenvalue weighted by molar-refractivity contribution is -0.144. The lowest BCUT2D eigenvalue weighted by atomic mass is 10.2. The molecular formula is C12H17N3O4. The highest BCUT2D eigenvalue weighted by Gasteiger charge is 2.27. The van der Waals surface area contributed by atoms with Crippen molar-refractivity contribution in [2.75, 3.05) is 13.2 Å². The third kappa shape index (κ3) is 3.11. The van der Waals surface area contributed by atoms with E-state index in [0.29, 0.717) is 13.2 Å². The summed E-state index contributed by atoms with van der Waals surface area (Å²) in [6.07, 6.45) is -0.0216. The van der Waals surface area contributed by atoms with Gasteiger partial charge in [0.25, 0.3) is 11.1 Å². The van der Waals surface area contributed by atoms with Crippen LogP contribution in [0.1, 0.15) is 13.8 Å². The molecule has 1 N–H and O–H groups in total. The van der Waals surface area contributed by atoms with Crippen molar-refractivity contribution in [3.05, 3.63) is 32.8 Å². The Hall–Kier alpha value is -1.89. The van der Waals surface area contributed by atoms with Crippen molar-refractivity contribution in [2.24, 2.45) is 0 Å². The maximum absolute atomic E-state index is 12.2. The van der Waals surface area contributed by atoms with E-state index in [2.05, 4.69) is 5.10 Å². The maximum atomic E-state index is 12.2. The molecule has 0 aliphatic carbocycles. The van der Waals surface area contributed by atoms with Crippen molar-refractivity contribution in [1.29, 1.82) is 0 Å². The summed E-state index contributed by atoms with van der Waals surface area (Å²) in [4.78, 5) is 36.5. The molecular weight excluding hydrogens is 250 g/mol. The van der Waals surface area contributed by atoms with E-state index in [-0.39, 0.29) is 24.6 Å². The van der Waals surface area contributed by atoms with Crippen molar-refractivity contribution in [2.45, 2.75) is 32.5 Å². The van der Waals surface area contributed by atoms with E-state index in [1.165, 1.54) is 0 Å². The van der Waals surface area contributed by atoms with Gasteiger partial charge in [-0.1, -0.05) is 0 Å². The van der Waals surface area contributed by atoms with Crippen LogP contribution < -0.4 is 11.1 Å². The Morgan fingerprint density at radius 3 is 2.89 bits per heavy atom. The summed E-state index contributed by atoms with van der Waals surface area (Å²) in [5, 5.41) is 2.34. The minimum atomic E-state index is -0.407. The van der Waals surface area contributed by atoms with E-state index in [1.807, 2.05) is 13.8 Å². The van der Waals surface area contributed by atoms with Crippen LogP contribution in [0.5, 0.6) is 0 Å². The molecule has 1 aliphatic heterocycles. The molecule has 0 bridgehead atoms. The predicted molar refractivity (Wildman–Crippen MR) is 67.9 cm³/mol. The highest BCUT2D eigenvalue weighted by atomic mass is 16.5. The Morgan fingerprint density at radius 2 is 2.16 bits per heavy atom. The Morgan fingerprint density at radius 1 is 1.42 bits per heavy atom. The molecule has 1 aromatic heterocycles. The largest absolute Gasteiger partial charge is 0.375 e. The van der Waals surface area contributed by atoms with E-state index < -0.39 is 11.1 Å². The van der Waals surface area contributed by atoms with E-state index in [9.17, 15) is 14.4 Å². The zero-order valence-electron chi connectivity index (χ0n) is 11.0. The van der Waals surface area contributed by atoms with Gasteiger partial charge in [-0.05, 0) is 13.8 Å². The standard InChI is InChI=1S/C12H17N3O4/c1-8-7-19-9(2)5-14(8)12(18)6-15-11(17)4-3-10(16)13-15/h3-4,8-9H,5-7H2,1-2H3,(H,13,16)/t8-,9+/m1/s1. The van der Waals surface area contributed by atoms with Crippen molar-refractivity contribution in [3.8, 4) is 0 Å². The van der Waals surface area contributed by atoms with Crippen molar-refractivity contribution in [1.82, 2.24) is 14.7 Å². The van der Waals surface area contributed by atoms with Gasteiger partial charge in [0.05, 0.1) is 18.8 Å². The summed E-state index contributed by atoms with van der Waals surface area (Å²) in [6, 6.07) is 2.26. The van der Waals surface area contributed by atoms with E-state index >= 15 is 0 Å². The number of rotatable bonds is 2. The molecule has 0 unspecified atom stereocenters. The molecule has 19 heavy (non-hydrogen) atoms. The minimum Gasteiger partial charge on any atom is -0.375 e. The number of morpholine rings is 1. The zero-order valence-corrected chi connectivity index (χ0v) is 11.0. The summed E-state index contributed by atoms with van der Waals surface area (Å²) in [7, 11) is 0. The van der Waals surface area contributed by atoms with Crippen LogP contribution in [0.2, 0.25) is 0 Å². The first-order valence-electron chi connectivity index (χ1n) is 6.18. The fourth-order valence-corrected chi connectivity index (χ4v) is 2.06. The number of H-pyrrole nitrogens is 1. The molecule has 0 aromatic carbocycles. The van der Waals surface area contributed by atoms with Crippen LogP contribution >= 0.6 is 0 Å². The molecule has 1 fully saturated rings. The number of amides is 1. The molecule has 1 aliphatic rings. The van der Waals surface area contributed by atoms with Crippen molar-refractivity contribution < 1.29 is 9.53 Å². The SMILES string of the molecule is C[C@@H]1CO[C@@H](C)CN1C(=O)Cn1[nH]c(=O)ccc1=O. The predicted octanol–water partition coefficient (Wildman–Crippen LogP) is -0.828. The summed E-state index contributed by atoms with van der Waals surface area (Å²) in [5.74, 6) is -0.202. The molecule has 104 valence electrons. The third-order valence-electron chi connectivity index (χ3n) is 3.11. The van der Waals surface area contributed by atoms with Crippen LogP contribution in [0.4, 0.5) is 0 Å². The molecule has 0 spiro atoms. The minimum absolute atomic E-state index is 0.0216. The van der Waals surface area contributed by atoms with Gasteiger partial charge in [0.2, 0.25) is 5.91 Å². The van der Waals surface area contributed by atoms with Crippen LogP contribution in [0, 0.1) is 0 Å². The Bertz CT molecular complexity index is 577. The first-order chi connectivity index (χ1) is 8.97. The summed E-state index contributed by atoms with van der Waals surface area (Å²) in [5.41, 5.74) is -0.808. The van der Waals surface area contributed by atoms with E-state index in [0.717, 1.165) is 16.8 Å². The summed E-state index contributed by atoms with van der Waals surface area (Å²) in [6.45, 7) is 4.59. The molecule has 2 heterocycles. The number of carbonyl (C=O) groups is 1. The third-order valence-corrected chi connectivity index (χ3v) is 3.11.